The minimum atomic E-state index is -0.490. The molecule has 0 spiro atoms. The highest BCUT2D eigenvalue weighted by atomic mass is 16.3. The number of oxazole rings is 1. The highest BCUT2D eigenvalue weighted by molar-refractivity contribution is 5.92. The van der Waals surface area contributed by atoms with Gasteiger partial charge in [0, 0.05) is 25.4 Å². The molecule has 1 aliphatic rings. The molecular formula is C15H18N4O2. The van der Waals surface area contributed by atoms with Crippen molar-refractivity contribution in [2.75, 3.05) is 6.54 Å². The van der Waals surface area contributed by atoms with Crippen LogP contribution in [0.1, 0.15) is 47.7 Å². The summed E-state index contributed by atoms with van der Waals surface area (Å²) in [7, 11) is 0. The van der Waals surface area contributed by atoms with Crippen molar-refractivity contribution in [1.29, 1.82) is 0 Å². The van der Waals surface area contributed by atoms with Crippen molar-refractivity contribution in [3.8, 4) is 0 Å². The van der Waals surface area contributed by atoms with Crippen molar-refractivity contribution >= 4 is 5.91 Å². The molecule has 110 valence electrons. The molecule has 1 amide bonds. The van der Waals surface area contributed by atoms with Crippen molar-refractivity contribution in [3.63, 3.8) is 0 Å². The van der Waals surface area contributed by atoms with Gasteiger partial charge < -0.3 is 9.32 Å². The van der Waals surface area contributed by atoms with E-state index >= 15 is 0 Å². The molecule has 3 heterocycles. The van der Waals surface area contributed by atoms with Gasteiger partial charge in [0.05, 0.1) is 0 Å². The number of nitrogens with zero attached hydrogens (tertiary/aromatic N) is 4. The molecule has 0 radical (unpaired) electrons. The summed E-state index contributed by atoms with van der Waals surface area (Å²) < 4.78 is 5.15. The van der Waals surface area contributed by atoms with Crippen LogP contribution < -0.4 is 0 Å². The van der Waals surface area contributed by atoms with Gasteiger partial charge in [0.1, 0.15) is 11.8 Å². The predicted octanol–water partition coefficient (Wildman–Crippen LogP) is 2.23. The number of rotatable bonds is 2. The van der Waals surface area contributed by atoms with Crippen molar-refractivity contribution in [2.45, 2.75) is 39.2 Å². The molecule has 6 heteroatoms. The Morgan fingerprint density at radius 2 is 2.19 bits per heavy atom. The summed E-state index contributed by atoms with van der Waals surface area (Å²) in [5.41, 5.74) is 0.752. The Bertz CT molecular complexity index is 682. The van der Waals surface area contributed by atoms with E-state index in [4.69, 9.17) is 4.42 Å². The Labute approximate surface area is 123 Å². The standard InChI is InChI=1S/C15H18N4O2/c1-10-5-7-16-14(17-10)15(3)6-4-8-19(15)13(20)12-9-21-11(2)18-12/h5,7,9H,4,6,8H2,1-3H3/t15-/m1/s1. The Kier molecular flexibility index (Phi) is 3.23. The van der Waals surface area contributed by atoms with Crippen molar-refractivity contribution in [1.82, 2.24) is 19.9 Å². The lowest BCUT2D eigenvalue weighted by Gasteiger charge is -2.33. The molecule has 0 saturated carbocycles. The third kappa shape index (κ3) is 2.30. The molecule has 1 fully saturated rings. The van der Waals surface area contributed by atoms with Crippen molar-refractivity contribution in [2.24, 2.45) is 0 Å². The van der Waals surface area contributed by atoms with Crippen LogP contribution in [0.25, 0.3) is 0 Å². The summed E-state index contributed by atoms with van der Waals surface area (Å²) in [6.45, 7) is 6.35. The van der Waals surface area contributed by atoms with Crippen LogP contribution >= 0.6 is 0 Å². The van der Waals surface area contributed by atoms with E-state index in [1.807, 2.05) is 19.9 Å². The quantitative estimate of drug-likeness (QED) is 0.846. The lowest BCUT2D eigenvalue weighted by atomic mass is 9.97. The summed E-state index contributed by atoms with van der Waals surface area (Å²) in [5.74, 6) is 1.05. The highest BCUT2D eigenvalue weighted by Gasteiger charge is 2.44. The molecule has 1 aliphatic heterocycles. The number of hydrogen-bond donors (Lipinski definition) is 0. The first-order chi connectivity index (χ1) is 10.0. The van der Waals surface area contributed by atoms with Crippen LogP contribution in [0.2, 0.25) is 0 Å². The first kappa shape index (κ1) is 13.7. The number of aromatic nitrogens is 3. The van der Waals surface area contributed by atoms with Gasteiger partial charge in [-0.25, -0.2) is 15.0 Å². The van der Waals surface area contributed by atoms with Gasteiger partial charge >= 0.3 is 0 Å². The number of amides is 1. The SMILES string of the molecule is Cc1ccnc([C@@]2(C)CCCN2C(=O)c2coc(C)n2)n1. The lowest BCUT2D eigenvalue weighted by Crippen LogP contribution is -2.44. The Morgan fingerprint density at radius 1 is 1.38 bits per heavy atom. The minimum absolute atomic E-state index is 0.128. The number of carbonyl (C=O) groups is 1. The van der Waals surface area contributed by atoms with E-state index in [0.29, 0.717) is 24.0 Å². The van der Waals surface area contributed by atoms with Gasteiger partial charge in [0.2, 0.25) is 0 Å². The van der Waals surface area contributed by atoms with Gasteiger partial charge in [-0.15, -0.1) is 0 Å². The number of hydrogen-bond acceptors (Lipinski definition) is 5. The molecular weight excluding hydrogens is 268 g/mol. The van der Waals surface area contributed by atoms with E-state index in [1.54, 1.807) is 18.0 Å². The third-order valence-corrected chi connectivity index (χ3v) is 4.00. The van der Waals surface area contributed by atoms with Crippen LogP contribution in [-0.4, -0.2) is 32.3 Å². The van der Waals surface area contributed by atoms with E-state index < -0.39 is 5.54 Å². The maximum Gasteiger partial charge on any atom is 0.276 e. The van der Waals surface area contributed by atoms with Crippen molar-refractivity contribution in [3.05, 3.63) is 41.6 Å². The number of likely N-dealkylation sites (tertiary alicyclic amines) is 1. The zero-order chi connectivity index (χ0) is 15.0. The molecule has 0 unspecified atom stereocenters. The van der Waals surface area contributed by atoms with Gasteiger partial charge in [-0.05, 0) is 32.8 Å². The third-order valence-electron chi connectivity index (χ3n) is 4.00. The predicted molar refractivity (Wildman–Crippen MR) is 75.6 cm³/mol. The van der Waals surface area contributed by atoms with Crippen molar-refractivity contribution < 1.29 is 9.21 Å². The topological polar surface area (TPSA) is 72.1 Å². The summed E-state index contributed by atoms with van der Waals surface area (Å²) in [6, 6.07) is 1.86. The summed E-state index contributed by atoms with van der Waals surface area (Å²) in [4.78, 5) is 27.5. The molecule has 21 heavy (non-hydrogen) atoms. The fourth-order valence-corrected chi connectivity index (χ4v) is 2.83. The second-order valence-electron chi connectivity index (χ2n) is 5.61. The van der Waals surface area contributed by atoms with Gasteiger partial charge in [-0.2, -0.15) is 0 Å². The van der Waals surface area contributed by atoms with Crippen LogP contribution in [0.3, 0.4) is 0 Å². The van der Waals surface area contributed by atoms with E-state index in [9.17, 15) is 4.79 Å². The van der Waals surface area contributed by atoms with Crippen LogP contribution in [0, 0.1) is 13.8 Å². The summed E-state index contributed by atoms with van der Waals surface area (Å²) >= 11 is 0. The summed E-state index contributed by atoms with van der Waals surface area (Å²) in [6.07, 6.45) is 4.92. The molecule has 1 saturated heterocycles. The average Bonchev–Trinajstić information content (AvgIpc) is 3.05. The highest BCUT2D eigenvalue weighted by Crippen LogP contribution is 2.37. The first-order valence-corrected chi connectivity index (χ1v) is 7.05. The fourth-order valence-electron chi connectivity index (χ4n) is 2.83. The summed E-state index contributed by atoms with van der Waals surface area (Å²) in [5, 5.41) is 0. The maximum absolute atomic E-state index is 12.7. The molecule has 0 aromatic carbocycles. The molecule has 1 atom stereocenters. The zero-order valence-electron chi connectivity index (χ0n) is 12.5. The van der Waals surface area contributed by atoms with Crippen LogP contribution in [0.4, 0.5) is 0 Å². The second-order valence-corrected chi connectivity index (χ2v) is 5.61. The van der Waals surface area contributed by atoms with E-state index in [2.05, 4.69) is 15.0 Å². The van der Waals surface area contributed by atoms with Crippen LogP contribution in [0.15, 0.2) is 22.9 Å². The Morgan fingerprint density at radius 3 is 2.86 bits per heavy atom. The number of carbonyl (C=O) groups excluding carboxylic acids is 1. The van der Waals surface area contributed by atoms with Gasteiger partial charge in [0.25, 0.3) is 5.91 Å². The molecule has 3 rings (SSSR count). The molecule has 6 nitrogen and oxygen atoms in total. The Balaban J connectivity index is 1.96. The van der Waals surface area contributed by atoms with Gasteiger partial charge in [-0.3, -0.25) is 4.79 Å². The molecule has 0 bridgehead atoms. The van der Waals surface area contributed by atoms with Crippen LogP contribution in [-0.2, 0) is 5.54 Å². The second kappa shape index (κ2) is 4.95. The zero-order valence-corrected chi connectivity index (χ0v) is 12.5. The molecule has 2 aromatic heterocycles. The molecule has 2 aromatic rings. The molecule has 0 N–H and O–H groups in total. The first-order valence-electron chi connectivity index (χ1n) is 7.05. The maximum atomic E-state index is 12.7. The van der Waals surface area contributed by atoms with Gasteiger partial charge in [-0.1, -0.05) is 0 Å². The van der Waals surface area contributed by atoms with Gasteiger partial charge in [0.15, 0.2) is 17.4 Å². The van der Waals surface area contributed by atoms with E-state index in [-0.39, 0.29) is 5.91 Å². The molecule has 0 aliphatic carbocycles. The average molecular weight is 286 g/mol. The van der Waals surface area contributed by atoms with E-state index in [0.717, 1.165) is 18.5 Å². The van der Waals surface area contributed by atoms with Crippen LogP contribution in [0.5, 0.6) is 0 Å². The lowest BCUT2D eigenvalue weighted by molar-refractivity contribution is 0.0597. The largest absolute Gasteiger partial charge is 0.448 e. The monoisotopic (exact) mass is 286 g/mol. The van der Waals surface area contributed by atoms with E-state index in [1.165, 1.54) is 6.26 Å². The smallest absolute Gasteiger partial charge is 0.276 e. The number of aryl methyl sites for hydroxylation is 2. The fraction of sp³-hybridized carbons (Fsp3) is 0.467. The normalized spacial score (nSPS) is 21.8. The Hall–Kier alpha value is -2.24. The minimum Gasteiger partial charge on any atom is -0.448 e.